The topological polar surface area (TPSA) is 84.9 Å². The molecule has 1 unspecified atom stereocenters. The molecule has 2 aromatic rings. The Kier molecular flexibility index (Phi) is 5.11. The second-order valence-corrected chi connectivity index (χ2v) is 6.43. The molecule has 0 aromatic heterocycles. The van der Waals surface area contributed by atoms with E-state index in [9.17, 15) is 14.7 Å². The summed E-state index contributed by atoms with van der Waals surface area (Å²) in [6, 6.07) is 14.3. The van der Waals surface area contributed by atoms with Crippen molar-refractivity contribution in [3.05, 3.63) is 59.7 Å². The molecule has 1 aliphatic rings. The standard InChI is InChI=1S/C20H21NO5/c1-20(19(23)24,15-5-3-2-4-6-15)13-21-18(22)12-14-7-8-16-17(11-14)26-10-9-25-16/h2-8,11H,9-10,12-13H2,1H3,(H,21,22)(H,23,24). The summed E-state index contributed by atoms with van der Waals surface area (Å²) in [7, 11) is 0. The quantitative estimate of drug-likeness (QED) is 0.829. The second kappa shape index (κ2) is 7.47. The van der Waals surface area contributed by atoms with E-state index in [2.05, 4.69) is 5.32 Å². The predicted molar refractivity (Wildman–Crippen MR) is 95.6 cm³/mol. The molecule has 0 radical (unpaired) electrons. The van der Waals surface area contributed by atoms with Crippen LogP contribution in [0.25, 0.3) is 0 Å². The third-order valence-electron chi connectivity index (χ3n) is 4.49. The predicted octanol–water partition coefficient (Wildman–Crippen LogP) is 2.16. The van der Waals surface area contributed by atoms with Gasteiger partial charge in [0.1, 0.15) is 18.6 Å². The van der Waals surface area contributed by atoms with Crippen LogP contribution in [0.5, 0.6) is 11.5 Å². The molecule has 1 aliphatic heterocycles. The van der Waals surface area contributed by atoms with Crippen molar-refractivity contribution in [1.29, 1.82) is 0 Å². The number of carboxylic acid groups (broad SMARTS) is 1. The van der Waals surface area contributed by atoms with Crippen LogP contribution < -0.4 is 14.8 Å². The molecule has 0 bridgehead atoms. The number of hydrogen-bond acceptors (Lipinski definition) is 4. The third kappa shape index (κ3) is 3.79. The highest BCUT2D eigenvalue weighted by Crippen LogP contribution is 2.31. The van der Waals surface area contributed by atoms with Crippen molar-refractivity contribution in [3.63, 3.8) is 0 Å². The van der Waals surface area contributed by atoms with Gasteiger partial charge in [0.15, 0.2) is 11.5 Å². The first-order valence-corrected chi connectivity index (χ1v) is 8.43. The van der Waals surface area contributed by atoms with E-state index in [0.29, 0.717) is 30.3 Å². The summed E-state index contributed by atoms with van der Waals surface area (Å²) in [5.41, 5.74) is 0.236. The average Bonchev–Trinajstić information content (AvgIpc) is 2.66. The Morgan fingerprint density at radius 3 is 2.46 bits per heavy atom. The summed E-state index contributed by atoms with van der Waals surface area (Å²) in [6.07, 6.45) is 0.140. The van der Waals surface area contributed by atoms with Gasteiger partial charge in [0.05, 0.1) is 6.42 Å². The molecule has 1 amide bonds. The maximum Gasteiger partial charge on any atom is 0.315 e. The zero-order chi connectivity index (χ0) is 18.6. The molecule has 0 saturated carbocycles. The fourth-order valence-corrected chi connectivity index (χ4v) is 2.83. The molecule has 0 saturated heterocycles. The molecular weight excluding hydrogens is 334 g/mol. The van der Waals surface area contributed by atoms with Crippen molar-refractivity contribution in [2.24, 2.45) is 0 Å². The first kappa shape index (κ1) is 17.8. The first-order valence-electron chi connectivity index (χ1n) is 8.43. The number of ether oxygens (including phenoxy) is 2. The number of rotatable bonds is 6. The van der Waals surface area contributed by atoms with E-state index in [1.807, 2.05) is 6.07 Å². The molecule has 0 aliphatic carbocycles. The lowest BCUT2D eigenvalue weighted by Crippen LogP contribution is -2.44. The molecule has 3 rings (SSSR count). The van der Waals surface area contributed by atoms with Crippen LogP contribution in [-0.2, 0) is 21.4 Å². The number of aliphatic carboxylic acids is 1. The summed E-state index contributed by atoms with van der Waals surface area (Å²) in [4.78, 5) is 24.1. The van der Waals surface area contributed by atoms with E-state index in [1.165, 1.54) is 0 Å². The van der Waals surface area contributed by atoms with Crippen LogP contribution in [0.1, 0.15) is 18.1 Å². The maximum atomic E-state index is 12.3. The van der Waals surface area contributed by atoms with Gasteiger partial charge in [-0.25, -0.2) is 0 Å². The summed E-state index contributed by atoms with van der Waals surface area (Å²) in [5.74, 6) is 0.0672. The van der Waals surface area contributed by atoms with Crippen LogP contribution in [-0.4, -0.2) is 36.7 Å². The molecule has 2 N–H and O–H groups in total. The highest BCUT2D eigenvalue weighted by molar-refractivity contribution is 5.84. The molecule has 6 nitrogen and oxygen atoms in total. The van der Waals surface area contributed by atoms with Gasteiger partial charge in [0, 0.05) is 6.54 Å². The number of fused-ring (bicyclic) bond motifs is 1. The highest BCUT2D eigenvalue weighted by atomic mass is 16.6. The van der Waals surface area contributed by atoms with Crippen LogP contribution in [0.15, 0.2) is 48.5 Å². The molecule has 2 aromatic carbocycles. The fourth-order valence-electron chi connectivity index (χ4n) is 2.83. The van der Waals surface area contributed by atoms with Gasteiger partial charge in [-0.3, -0.25) is 9.59 Å². The fraction of sp³-hybridized carbons (Fsp3) is 0.300. The Morgan fingerprint density at radius 1 is 1.08 bits per heavy atom. The normalized spacial score (nSPS) is 15.0. The molecule has 6 heteroatoms. The Bertz CT molecular complexity index is 805. The van der Waals surface area contributed by atoms with E-state index in [-0.39, 0.29) is 18.9 Å². The van der Waals surface area contributed by atoms with Crippen molar-refractivity contribution < 1.29 is 24.2 Å². The van der Waals surface area contributed by atoms with Crippen molar-refractivity contribution in [1.82, 2.24) is 5.32 Å². The van der Waals surface area contributed by atoms with Crippen molar-refractivity contribution >= 4 is 11.9 Å². The van der Waals surface area contributed by atoms with Crippen LogP contribution >= 0.6 is 0 Å². The number of hydrogen-bond donors (Lipinski definition) is 2. The minimum atomic E-state index is -1.19. The van der Waals surface area contributed by atoms with Crippen molar-refractivity contribution in [2.75, 3.05) is 19.8 Å². The Labute approximate surface area is 151 Å². The van der Waals surface area contributed by atoms with Gasteiger partial charge in [-0.05, 0) is 30.2 Å². The monoisotopic (exact) mass is 355 g/mol. The lowest BCUT2D eigenvalue weighted by atomic mass is 9.82. The maximum absolute atomic E-state index is 12.3. The Morgan fingerprint density at radius 2 is 1.77 bits per heavy atom. The van der Waals surface area contributed by atoms with E-state index in [0.717, 1.165) is 5.56 Å². The van der Waals surface area contributed by atoms with Gasteiger partial charge in [-0.2, -0.15) is 0 Å². The molecule has 1 atom stereocenters. The minimum Gasteiger partial charge on any atom is -0.486 e. The smallest absolute Gasteiger partial charge is 0.315 e. The number of nitrogens with one attached hydrogen (secondary N) is 1. The highest BCUT2D eigenvalue weighted by Gasteiger charge is 2.35. The molecule has 136 valence electrons. The number of carbonyl (C=O) groups excluding carboxylic acids is 1. The minimum absolute atomic E-state index is 0.00965. The van der Waals surface area contributed by atoms with Crippen LogP contribution in [0.4, 0.5) is 0 Å². The summed E-state index contributed by atoms with van der Waals surface area (Å²) in [6.45, 7) is 2.61. The third-order valence-corrected chi connectivity index (χ3v) is 4.49. The Balaban J connectivity index is 1.65. The number of amides is 1. The van der Waals surface area contributed by atoms with Crippen LogP contribution in [0.2, 0.25) is 0 Å². The molecule has 26 heavy (non-hydrogen) atoms. The molecule has 1 heterocycles. The van der Waals surface area contributed by atoms with Crippen molar-refractivity contribution in [3.8, 4) is 11.5 Å². The summed E-state index contributed by atoms with van der Waals surface area (Å²) >= 11 is 0. The zero-order valence-electron chi connectivity index (χ0n) is 14.5. The molecular formula is C20H21NO5. The van der Waals surface area contributed by atoms with E-state index < -0.39 is 11.4 Å². The lowest BCUT2D eigenvalue weighted by Gasteiger charge is -2.25. The second-order valence-electron chi connectivity index (χ2n) is 6.43. The lowest BCUT2D eigenvalue weighted by molar-refractivity contribution is -0.143. The molecule has 0 spiro atoms. The Hall–Kier alpha value is -3.02. The SMILES string of the molecule is CC(CNC(=O)Cc1ccc2c(c1)OCCO2)(C(=O)O)c1ccccc1. The zero-order valence-corrected chi connectivity index (χ0v) is 14.5. The van der Waals surface area contributed by atoms with Gasteiger partial charge in [0.2, 0.25) is 5.91 Å². The summed E-state index contributed by atoms with van der Waals surface area (Å²) < 4.78 is 11.0. The van der Waals surface area contributed by atoms with E-state index >= 15 is 0 Å². The number of carbonyl (C=O) groups is 2. The van der Waals surface area contributed by atoms with E-state index in [4.69, 9.17) is 9.47 Å². The largest absolute Gasteiger partial charge is 0.486 e. The van der Waals surface area contributed by atoms with Gasteiger partial charge in [0.25, 0.3) is 0 Å². The molecule has 0 fully saturated rings. The van der Waals surface area contributed by atoms with Gasteiger partial charge in [-0.1, -0.05) is 36.4 Å². The summed E-state index contributed by atoms with van der Waals surface area (Å²) in [5, 5.41) is 12.4. The van der Waals surface area contributed by atoms with Gasteiger partial charge >= 0.3 is 5.97 Å². The van der Waals surface area contributed by atoms with Gasteiger partial charge in [-0.15, -0.1) is 0 Å². The van der Waals surface area contributed by atoms with Crippen LogP contribution in [0.3, 0.4) is 0 Å². The average molecular weight is 355 g/mol. The van der Waals surface area contributed by atoms with Crippen LogP contribution in [0, 0.1) is 0 Å². The van der Waals surface area contributed by atoms with Crippen molar-refractivity contribution in [2.45, 2.75) is 18.8 Å². The first-order chi connectivity index (χ1) is 12.5. The van der Waals surface area contributed by atoms with E-state index in [1.54, 1.807) is 49.4 Å². The number of benzene rings is 2. The number of carboxylic acids is 1. The van der Waals surface area contributed by atoms with Gasteiger partial charge < -0.3 is 19.9 Å².